The first-order valence-corrected chi connectivity index (χ1v) is 9.66. The highest BCUT2D eigenvalue weighted by Gasteiger charge is 2.24. The summed E-state index contributed by atoms with van der Waals surface area (Å²) < 4.78 is 28.5. The summed E-state index contributed by atoms with van der Waals surface area (Å²) >= 11 is 0. The van der Waals surface area contributed by atoms with E-state index in [1.165, 1.54) is 25.3 Å². The predicted molar refractivity (Wildman–Crippen MR) is 88.7 cm³/mol. The van der Waals surface area contributed by atoms with Gasteiger partial charge in [-0.3, -0.25) is 9.69 Å². The van der Waals surface area contributed by atoms with Crippen LogP contribution in [0.25, 0.3) is 0 Å². The van der Waals surface area contributed by atoms with Crippen molar-refractivity contribution in [2.45, 2.75) is 30.7 Å². The van der Waals surface area contributed by atoms with E-state index in [0.717, 1.165) is 32.2 Å². The van der Waals surface area contributed by atoms with Gasteiger partial charge in [0.1, 0.15) is 5.75 Å². The first-order valence-electron chi connectivity index (χ1n) is 7.77. The van der Waals surface area contributed by atoms with Crippen molar-refractivity contribution in [2.75, 3.05) is 33.0 Å². The lowest BCUT2D eigenvalue weighted by Gasteiger charge is -2.23. The molecule has 0 unspecified atom stereocenters. The van der Waals surface area contributed by atoms with Crippen LogP contribution in [-0.2, 0) is 9.84 Å². The maximum absolute atomic E-state index is 12.5. The van der Waals surface area contributed by atoms with Crippen LogP contribution < -0.4 is 10.1 Å². The quantitative estimate of drug-likeness (QED) is 0.845. The van der Waals surface area contributed by atoms with Crippen molar-refractivity contribution in [2.24, 2.45) is 0 Å². The number of amides is 1. The Hall–Kier alpha value is -1.60. The molecular weight excluding hydrogens is 316 g/mol. The summed E-state index contributed by atoms with van der Waals surface area (Å²) in [5, 5.41) is 2.90. The third-order valence-corrected chi connectivity index (χ3v) is 5.36. The van der Waals surface area contributed by atoms with Gasteiger partial charge in [-0.2, -0.15) is 0 Å². The molecule has 1 aliphatic rings. The SMILES string of the molecule is CCN1CCC[C@H]1CNC(=O)c1cc(S(C)(=O)=O)ccc1OC. The Morgan fingerprint density at radius 3 is 2.78 bits per heavy atom. The lowest BCUT2D eigenvalue weighted by Crippen LogP contribution is -2.40. The molecule has 1 saturated heterocycles. The van der Waals surface area contributed by atoms with Crippen LogP contribution in [0.5, 0.6) is 5.75 Å². The van der Waals surface area contributed by atoms with Gasteiger partial charge in [-0.15, -0.1) is 0 Å². The van der Waals surface area contributed by atoms with Gasteiger partial charge in [0.25, 0.3) is 5.91 Å². The summed E-state index contributed by atoms with van der Waals surface area (Å²) in [5.41, 5.74) is 0.247. The first-order chi connectivity index (χ1) is 10.9. The zero-order valence-electron chi connectivity index (χ0n) is 13.8. The average Bonchev–Trinajstić information content (AvgIpc) is 2.98. The van der Waals surface area contributed by atoms with Crippen molar-refractivity contribution in [1.29, 1.82) is 0 Å². The molecule has 128 valence electrons. The highest BCUT2D eigenvalue weighted by Crippen LogP contribution is 2.23. The number of carbonyl (C=O) groups excluding carboxylic acids is 1. The minimum absolute atomic E-state index is 0.111. The number of carbonyl (C=O) groups is 1. The summed E-state index contributed by atoms with van der Waals surface area (Å²) in [7, 11) is -1.91. The van der Waals surface area contributed by atoms with Crippen LogP contribution in [0.15, 0.2) is 23.1 Å². The van der Waals surface area contributed by atoms with E-state index in [1.807, 2.05) is 0 Å². The minimum Gasteiger partial charge on any atom is -0.496 e. The summed E-state index contributed by atoms with van der Waals surface area (Å²) in [6.07, 6.45) is 3.32. The molecule has 0 spiro atoms. The van der Waals surface area contributed by atoms with Gasteiger partial charge in [0.15, 0.2) is 9.84 Å². The van der Waals surface area contributed by atoms with Crippen molar-refractivity contribution in [1.82, 2.24) is 10.2 Å². The number of nitrogens with zero attached hydrogens (tertiary/aromatic N) is 1. The Morgan fingerprint density at radius 2 is 2.17 bits per heavy atom. The van der Waals surface area contributed by atoms with E-state index < -0.39 is 9.84 Å². The van der Waals surface area contributed by atoms with Crippen LogP contribution in [-0.4, -0.2) is 58.3 Å². The zero-order chi connectivity index (χ0) is 17.0. The van der Waals surface area contributed by atoms with Crippen molar-refractivity contribution in [3.63, 3.8) is 0 Å². The fraction of sp³-hybridized carbons (Fsp3) is 0.562. The Balaban J connectivity index is 2.14. The molecule has 7 heteroatoms. The Bertz CT molecular complexity index is 673. The molecule has 0 saturated carbocycles. The molecule has 1 N–H and O–H groups in total. The molecule has 1 amide bonds. The maximum Gasteiger partial charge on any atom is 0.255 e. The van der Waals surface area contributed by atoms with Crippen LogP contribution in [0, 0.1) is 0 Å². The van der Waals surface area contributed by atoms with Gasteiger partial charge in [0.05, 0.1) is 17.6 Å². The van der Waals surface area contributed by atoms with Gasteiger partial charge < -0.3 is 10.1 Å². The normalized spacial score (nSPS) is 18.8. The standard InChI is InChI=1S/C16H24N2O4S/c1-4-18-9-5-6-12(18)11-17-16(19)14-10-13(23(3,20)21)7-8-15(14)22-2/h7-8,10,12H,4-6,9,11H2,1-3H3,(H,17,19)/t12-/m0/s1. The molecule has 1 atom stereocenters. The van der Waals surface area contributed by atoms with E-state index in [-0.39, 0.29) is 16.4 Å². The molecule has 6 nitrogen and oxygen atoms in total. The highest BCUT2D eigenvalue weighted by molar-refractivity contribution is 7.90. The lowest BCUT2D eigenvalue weighted by atomic mass is 10.1. The third kappa shape index (κ3) is 4.23. The number of benzene rings is 1. The van der Waals surface area contributed by atoms with Crippen LogP contribution in [0.1, 0.15) is 30.1 Å². The number of likely N-dealkylation sites (tertiary alicyclic amines) is 1. The number of hydrogen-bond donors (Lipinski definition) is 1. The predicted octanol–water partition coefficient (Wildman–Crippen LogP) is 1.31. The average molecular weight is 340 g/mol. The van der Waals surface area contributed by atoms with Crippen LogP contribution in [0.4, 0.5) is 0 Å². The molecule has 1 fully saturated rings. The number of nitrogens with one attached hydrogen (secondary N) is 1. The molecule has 0 radical (unpaired) electrons. The number of hydrogen-bond acceptors (Lipinski definition) is 5. The second-order valence-corrected chi connectivity index (χ2v) is 7.78. The summed E-state index contributed by atoms with van der Waals surface area (Å²) in [5.74, 6) is 0.0592. The van der Waals surface area contributed by atoms with Crippen molar-refractivity contribution in [3.05, 3.63) is 23.8 Å². The van der Waals surface area contributed by atoms with Crippen LogP contribution >= 0.6 is 0 Å². The van der Waals surface area contributed by atoms with Gasteiger partial charge in [0.2, 0.25) is 0 Å². The Labute approximate surface area is 137 Å². The lowest BCUT2D eigenvalue weighted by molar-refractivity contribution is 0.0938. The van der Waals surface area contributed by atoms with Crippen molar-refractivity contribution < 1.29 is 17.9 Å². The first kappa shape index (κ1) is 17.7. The molecular formula is C16H24N2O4S. The molecule has 2 rings (SSSR count). The number of ether oxygens (including phenoxy) is 1. The van der Waals surface area contributed by atoms with E-state index in [1.54, 1.807) is 0 Å². The summed E-state index contributed by atoms with van der Waals surface area (Å²) in [6.45, 7) is 4.69. The van der Waals surface area contributed by atoms with Crippen LogP contribution in [0.3, 0.4) is 0 Å². The van der Waals surface area contributed by atoms with Crippen molar-refractivity contribution in [3.8, 4) is 5.75 Å². The second kappa shape index (κ2) is 7.31. The van der Waals surface area contributed by atoms with Gasteiger partial charge in [-0.25, -0.2) is 8.42 Å². The van der Waals surface area contributed by atoms with Gasteiger partial charge in [-0.05, 0) is 44.1 Å². The molecule has 1 heterocycles. The second-order valence-electron chi connectivity index (χ2n) is 5.77. The monoisotopic (exact) mass is 340 g/mol. The smallest absolute Gasteiger partial charge is 0.255 e. The zero-order valence-corrected chi connectivity index (χ0v) is 14.6. The number of sulfone groups is 1. The van der Waals surface area contributed by atoms with Gasteiger partial charge in [0, 0.05) is 18.8 Å². The molecule has 1 aromatic carbocycles. The summed E-state index contributed by atoms with van der Waals surface area (Å²) in [4.78, 5) is 14.9. The fourth-order valence-electron chi connectivity index (χ4n) is 2.94. The summed E-state index contributed by atoms with van der Waals surface area (Å²) in [6, 6.07) is 4.67. The molecule has 1 aliphatic heterocycles. The van der Waals surface area contributed by atoms with Gasteiger partial charge in [-0.1, -0.05) is 6.92 Å². The van der Waals surface area contributed by atoms with E-state index in [2.05, 4.69) is 17.1 Å². The fourth-order valence-corrected chi connectivity index (χ4v) is 3.59. The van der Waals surface area contributed by atoms with Crippen LogP contribution in [0.2, 0.25) is 0 Å². The molecule has 23 heavy (non-hydrogen) atoms. The minimum atomic E-state index is -3.37. The van der Waals surface area contributed by atoms with E-state index in [4.69, 9.17) is 4.74 Å². The molecule has 0 bridgehead atoms. The molecule has 0 aliphatic carbocycles. The maximum atomic E-state index is 12.5. The largest absolute Gasteiger partial charge is 0.496 e. The van der Waals surface area contributed by atoms with E-state index in [9.17, 15) is 13.2 Å². The topological polar surface area (TPSA) is 75.7 Å². The Morgan fingerprint density at radius 1 is 1.43 bits per heavy atom. The van der Waals surface area contributed by atoms with E-state index >= 15 is 0 Å². The highest BCUT2D eigenvalue weighted by atomic mass is 32.2. The molecule has 1 aromatic rings. The van der Waals surface area contributed by atoms with Gasteiger partial charge >= 0.3 is 0 Å². The molecule has 0 aromatic heterocycles. The number of rotatable bonds is 6. The van der Waals surface area contributed by atoms with E-state index in [0.29, 0.717) is 18.3 Å². The third-order valence-electron chi connectivity index (χ3n) is 4.25. The number of methoxy groups -OCH3 is 1. The van der Waals surface area contributed by atoms with Crippen molar-refractivity contribution >= 4 is 15.7 Å². The number of likely N-dealkylation sites (N-methyl/N-ethyl adjacent to an activating group) is 1. The Kier molecular flexibility index (Phi) is 5.64.